The molecule has 0 aromatic carbocycles. The molecule has 1 atom stereocenters. The zero-order valence-electron chi connectivity index (χ0n) is 7.80. The van der Waals surface area contributed by atoms with Crippen LogP contribution in [0.1, 0.15) is 6.92 Å². The smallest absolute Gasteiger partial charge is 0.327 e. The highest BCUT2D eigenvalue weighted by atomic mass is 32.1. The Bertz CT molecular complexity index is 175. The van der Waals surface area contributed by atoms with Crippen LogP contribution in [-0.4, -0.2) is 46.2 Å². The van der Waals surface area contributed by atoms with E-state index in [0.717, 1.165) is 0 Å². The fourth-order valence-corrected chi connectivity index (χ4v) is 0.678. The Morgan fingerprint density at radius 3 is 1.93 bits per heavy atom. The van der Waals surface area contributed by atoms with Gasteiger partial charge in [-0.25, -0.2) is 4.79 Å². The number of aliphatic hydroxyl groups is 1. The monoisotopic (exact) mass is 241 g/mol. The third-order valence-corrected chi connectivity index (χ3v) is 1.52. The average Bonchev–Trinajstić information content (AvgIpc) is 2.14. The van der Waals surface area contributed by atoms with Crippen molar-refractivity contribution in [2.45, 2.75) is 13.0 Å². The van der Waals surface area contributed by atoms with E-state index in [1.54, 1.807) is 0 Å². The molecule has 0 aliphatic heterocycles. The Labute approximate surface area is 93.7 Å². The summed E-state index contributed by atoms with van der Waals surface area (Å²) in [7, 11) is 0. The molecule has 0 rings (SSSR count). The quantitative estimate of drug-likeness (QED) is 0.426. The van der Waals surface area contributed by atoms with Gasteiger partial charge in [-0.05, 0) is 0 Å². The van der Waals surface area contributed by atoms with Crippen molar-refractivity contribution in [1.82, 2.24) is 5.32 Å². The van der Waals surface area contributed by atoms with Crippen molar-refractivity contribution < 1.29 is 19.8 Å². The van der Waals surface area contributed by atoms with Crippen molar-refractivity contribution in [2.75, 3.05) is 18.1 Å². The van der Waals surface area contributed by atoms with Gasteiger partial charge in [0.15, 0.2) is 0 Å². The second kappa shape index (κ2) is 10.7. The molecule has 0 aromatic rings. The van der Waals surface area contributed by atoms with Gasteiger partial charge in [-0.3, -0.25) is 4.79 Å². The third-order valence-electron chi connectivity index (χ3n) is 0.958. The van der Waals surface area contributed by atoms with Crippen LogP contribution in [0.5, 0.6) is 0 Å². The summed E-state index contributed by atoms with van der Waals surface area (Å²) < 4.78 is 0. The SMILES string of the molecule is CC(=O)N[C@@H](CS)C(=O)O.OCCS. The lowest BCUT2D eigenvalue weighted by atomic mass is 10.3. The first-order valence-electron chi connectivity index (χ1n) is 3.82. The van der Waals surface area contributed by atoms with Crippen LogP contribution in [0, 0.1) is 0 Å². The third kappa shape index (κ3) is 11.6. The second-order valence-electron chi connectivity index (χ2n) is 2.22. The number of carbonyl (C=O) groups is 2. The normalized spacial score (nSPS) is 10.9. The minimum absolute atomic E-state index is 0.106. The van der Waals surface area contributed by atoms with E-state index in [4.69, 9.17) is 10.2 Å². The van der Waals surface area contributed by atoms with E-state index in [-0.39, 0.29) is 18.3 Å². The van der Waals surface area contributed by atoms with Crippen LogP contribution in [0.15, 0.2) is 0 Å². The lowest BCUT2D eigenvalue weighted by Crippen LogP contribution is -2.40. The molecule has 0 bridgehead atoms. The lowest BCUT2D eigenvalue weighted by molar-refractivity contribution is -0.140. The number of thiol groups is 2. The van der Waals surface area contributed by atoms with Crippen molar-refractivity contribution in [2.24, 2.45) is 0 Å². The zero-order chi connectivity index (χ0) is 11.6. The minimum Gasteiger partial charge on any atom is -0.480 e. The van der Waals surface area contributed by atoms with Crippen molar-refractivity contribution in [3.8, 4) is 0 Å². The second-order valence-corrected chi connectivity index (χ2v) is 3.03. The molecule has 0 unspecified atom stereocenters. The number of carboxylic acids is 1. The summed E-state index contributed by atoms with van der Waals surface area (Å²) in [5.74, 6) is -0.749. The summed E-state index contributed by atoms with van der Waals surface area (Å²) in [6.07, 6.45) is 0. The summed E-state index contributed by atoms with van der Waals surface area (Å²) in [6, 6.07) is -0.874. The molecule has 0 saturated carbocycles. The van der Waals surface area contributed by atoms with Crippen LogP contribution < -0.4 is 5.32 Å². The molecular formula is C7H15NO4S2. The summed E-state index contributed by atoms with van der Waals surface area (Å²) in [5.41, 5.74) is 0. The number of amides is 1. The molecular weight excluding hydrogens is 226 g/mol. The van der Waals surface area contributed by atoms with Crippen LogP contribution in [0.2, 0.25) is 0 Å². The van der Waals surface area contributed by atoms with Gasteiger partial charge in [0, 0.05) is 18.4 Å². The summed E-state index contributed by atoms with van der Waals surface area (Å²) in [5, 5.41) is 18.4. The van der Waals surface area contributed by atoms with Crippen molar-refractivity contribution in [3.63, 3.8) is 0 Å². The van der Waals surface area contributed by atoms with Gasteiger partial charge in [-0.2, -0.15) is 25.3 Å². The molecule has 7 heteroatoms. The molecule has 0 aliphatic carbocycles. The first-order valence-corrected chi connectivity index (χ1v) is 5.08. The van der Waals surface area contributed by atoms with Gasteiger partial charge in [-0.15, -0.1) is 0 Å². The fourth-order valence-electron chi connectivity index (χ4n) is 0.431. The van der Waals surface area contributed by atoms with E-state index >= 15 is 0 Å². The maximum atomic E-state index is 10.3. The average molecular weight is 241 g/mol. The number of rotatable bonds is 4. The van der Waals surface area contributed by atoms with E-state index in [9.17, 15) is 9.59 Å². The lowest BCUT2D eigenvalue weighted by Gasteiger charge is -2.08. The van der Waals surface area contributed by atoms with Gasteiger partial charge in [0.05, 0.1) is 6.61 Å². The molecule has 1 amide bonds. The standard InChI is InChI=1S/C5H9NO3S.C2H6OS/c1-3(7)6-4(2-10)5(8)9;3-1-2-4/h4,10H,2H2,1H3,(H,6,7)(H,8,9);3-4H,1-2H2/t4-;/m0./s1. The molecule has 0 saturated heterocycles. The maximum absolute atomic E-state index is 10.3. The highest BCUT2D eigenvalue weighted by Crippen LogP contribution is 1.86. The van der Waals surface area contributed by atoms with Gasteiger partial charge in [0.2, 0.25) is 5.91 Å². The minimum atomic E-state index is -1.06. The van der Waals surface area contributed by atoms with Gasteiger partial charge in [0.25, 0.3) is 0 Å². The molecule has 14 heavy (non-hydrogen) atoms. The first-order chi connectivity index (χ1) is 6.49. The molecule has 5 nitrogen and oxygen atoms in total. The summed E-state index contributed by atoms with van der Waals surface area (Å²) >= 11 is 7.40. The van der Waals surface area contributed by atoms with E-state index in [1.165, 1.54) is 6.92 Å². The van der Waals surface area contributed by atoms with Crippen LogP contribution in [0.3, 0.4) is 0 Å². The zero-order valence-corrected chi connectivity index (χ0v) is 9.59. The largest absolute Gasteiger partial charge is 0.480 e. The number of carboxylic acid groups (broad SMARTS) is 1. The number of hydrogen-bond acceptors (Lipinski definition) is 5. The number of carbonyl (C=O) groups excluding carboxylic acids is 1. The molecule has 0 fully saturated rings. The van der Waals surface area contributed by atoms with E-state index in [2.05, 4.69) is 30.6 Å². The topological polar surface area (TPSA) is 86.6 Å². The number of aliphatic carboxylic acids is 1. The van der Waals surface area contributed by atoms with Crippen LogP contribution >= 0.6 is 25.3 Å². The Hall–Kier alpha value is -0.400. The maximum Gasteiger partial charge on any atom is 0.327 e. The molecule has 0 aliphatic rings. The predicted octanol–water partition coefficient (Wildman–Crippen LogP) is -0.586. The highest BCUT2D eigenvalue weighted by Gasteiger charge is 2.15. The molecule has 0 spiro atoms. The van der Waals surface area contributed by atoms with Crippen molar-refractivity contribution in [3.05, 3.63) is 0 Å². The number of hydrogen-bond donors (Lipinski definition) is 5. The molecule has 0 heterocycles. The number of aliphatic hydroxyl groups excluding tert-OH is 1. The Kier molecular flexibility index (Phi) is 12.2. The van der Waals surface area contributed by atoms with Gasteiger partial charge in [-0.1, -0.05) is 0 Å². The highest BCUT2D eigenvalue weighted by molar-refractivity contribution is 7.80. The molecule has 0 aromatic heterocycles. The van der Waals surface area contributed by atoms with E-state index in [0.29, 0.717) is 5.75 Å². The number of nitrogens with one attached hydrogen (secondary N) is 1. The Morgan fingerprint density at radius 1 is 1.43 bits per heavy atom. The first kappa shape index (κ1) is 16.0. The van der Waals surface area contributed by atoms with Gasteiger partial charge in [0.1, 0.15) is 6.04 Å². The van der Waals surface area contributed by atoms with Crippen LogP contribution in [0.25, 0.3) is 0 Å². The van der Waals surface area contributed by atoms with E-state index in [1.807, 2.05) is 0 Å². The molecule has 0 radical (unpaired) electrons. The molecule has 84 valence electrons. The summed E-state index contributed by atoms with van der Waals surface area (Å²) in [6.45, 7) is 1.45. The fraction of sp³-hybridized carbons (Fsp3) is 0.714. The van der Waals surface area contributed by atoms with Crippen molar-refractivity contribution >= 4 is 37.1 Å². The van der Waals surface area contributed by atoms with Crippen LogP contribution in [-0.2, 0) is 9.59 Å². The van der Waals surface area contributed by atoms with Gasteiger partial charge >= 0.3 is 5.97 Å². The molecule has 3 N–H and O–H groups in total. The van der Waals surface area contributed by atoms with Crippen molar-refractivity contribution in [1.29, 1.82) is 0 Å². The Balaban J connectivity index is 0. The summed E-state index contributed by atoms with van der Waals surface area (Å²) in [4.78, 5) is 20.5. The predicted molar refractivity (Wildman–Crippen MR) is 60.0 cm³/mol. The van der Waals surface area contributed by atoms with E-state index < -0.39 is 12.0 Å². The van der Waals surface area contributed by atoms with Gasteiger partial charge < -0.3 is 15.5 Å². The van der Waals surface area contributed by atoms with Crippen LogP contribution in [0.4, 0.5) is 0 Å². The Morgan fingerprint density at radius 2 is 1.86 bits per heavy atom.